The summed E-state index contributed by atoms with van der Waals surface area (Å²) in [5.41, 5.74) is 2.15. The second-order valence-electron chi connectivity index (χ2n) is 4.51. The molecule has 0 spiro atoms. The molecule has 0 amide bonds. The van der Waals surface area contributed by atoms with Crippen molar-refractivity contribution in [3.8, 4) is 0 Å². The first-order valence-corrected chi connectivity index (χ1v) is 7.55. The summed E-state index contributed by atoms with van der Waals surface area (Å²) in [6.07, 6.45) is 1.54. The van der Waals surface area contributed by atoms with Crippen LogP contribution < -0.4 is 10.6 Å². The number of hydrogen-bond donors (Lipinski definition) is 2. The van der Waals surface area contributed by atoms with E-state index in [0.717, 1.165) is 10.0 Å². The summed E-state index contributed by atoms with van der Waals surface area (Å²) < 4.78 is 6.14. The van der Waals surface area contributed by atoms with Crippen LogP contribution in [0.5, 0.6) is 0 Å². The lowest BCUT2D eigenvalue weighted by Crippen LogP contribution is -2.45. The van der Waals surface area contributed by atoms with Crippen molar-refractivity contribution in [2.45, 2.75) is 13.0 Å². The van der Waals surface area contributed by atoms with Gasteiger partial charge in [0.25, 0.3) is 0 Å². The first-order chi connectivity index (χ1) is 10.0. The van der Waals surface area contributed by atoms with Crippen LogP contribution in [0.25, 0.3) is 0 Å². The van der Waals surface area contributed by atoms with Gasteiger partial charge in [0.1, 0.15) is 6.61 Å². The number of allylic oxidation sites excluding steroid dienone is 1. The normalized spacial score (nSPS) is 17.8. The van der Waals surface area contributed by atoms with Gasteiger partial charge in [-0.2, -0.15) is 0 Å². The van der Waals surface area contributed by atoms with Gasteiger partial charge >= 0.3 is 5.97 Å². The molecule has 1 aromatic rings. The van der Waals surface area contributed by atoms with Crippen molar-refractivity contribution in [3.63, 3.8) is 0 Å². The Morgan fingerprint density at radius 3 is 2.76 bits per heavy atom. The minimum Gasteiger partial charge on any atom is -0.458 e. The summed E-state index contributed by atoms with van der Waals surface area (Å²) in [5, 5.41) is 6.56. The van der Waals surface area contributed by atoms with Crippen LogP contribution in [0.4, 0.5) is 0 Å². The molecule has 1 aliphatic heterocycles. The van der Waals surface area contributed by atoms with Crippen LogP contribution in [-0.2, 0) is 9.53 Å². The quantitative estimate of drug-likeness (QED) is 0.487. The summed E-state index contributed by atoms with van der Waals surface area (Å²) in [5.74, 6) is -0.386. The average molecular weight is 367 g/mol. The Morgan fingerprint density at radius 2 is 2.14 bits per heavy atom. The Morgan fingerprint density at radius 1 is 1.48 bits per heavy atom. The van der Waals surface area contributed by atoms with Gasteiger partial charge in [0.2, 0.25) is 0 Å². The molecule has 0 aromatic heterocycles. The van der Waals surface area contributed by atoms with Crippen LogP contribution in [-0.4, -0.2) is 17.7 Å². The Balaban J connectivity index is 2.37. The predicted octanol–water partition coefficient (Wildman–Crippen LogP) is 2.97. The van der Waals surface area contributed by atoms with Crippen LogP contribution in [0, 0.1) is 0 Å². The van der Waals surface area contributed by atoms with E-state index in [0.29, 0.717) is 16.4 Å². The fourth-order valence-electron chi connectivity index (χ4n) is 2.08. The van der Waals surface area contributed by atoms with Crippen LogP contribution >= 0.6 is 28.1 Å². The summed E-state index contributed by atoms with van der Waals surface area (Å²) >= 11 is 8.58. The lowest BCUT2D eigenvalue weighted by Gasteiger charge is -2.29. The third-order valence-corrected chi connectivity index (χ3v) is 3.77. The summed E-state index contributed by atoms with van der Waals surface area (Å²) in [7, 11) is 0. The lowest BCUT2D eigenvalue weighted by atomic mass is 9.96. The molecule has 1 aromatic carbocycles. The molecule has 1 unspecified atom stereocenters. The number of thiocarbonyl (C=S) groups is 1. The molecule has 0 radical (unpaired) electrons. The Bertz CT molecular complexity index is 611. The predicted molar refractivity (Wildman–Crippen MR) is 89.6 cm³/mol. The molecular weight excluding hydrogens is 352 g/mol. The molecule has 1 atom stereocenters. The average Bonchev–Trinajstić information content (AvgIpc) is 2.44. The third kappa shape index (κ3) is 3.71. The maximum atomic E-state index is 12.3. The van der Waals surface area contributed by atoms with Crippen LogP contribution in [0.2, 0.25) is 0 Å². The lowest BCUT2D eigenvalue weighted by molar-refractivity contribution is -0.138. The number of rotatable bonds is 4. The smallest absolute Gasteiger partial charge is 0.338 e. The number of nitrogens with one attached hydrogen (secondary N) is 2. The molecule has 1 aliphatic rings. The van der Waals surface area contributed by atoms with E-state index in [2.05, 4.69) is 33.1 Å². The monoisotopic (exact) mass is 366 g/mol. The van der Waals surface area contributed by atoms with E-state index in [9.17, 15) is 4.79 Å². The maximum Gasteiger partial charge on any atom is 0.338 e. The summed E-state index contributed by atoms with van der Waals surface area (Å²) in [4.78, 5) is 12.3. The maximum absolute atomic E-state index is 12.3. The van der Waals surface area contributed by atoms with Gasteiger partial charge in [-0.25, -0.2) is 4.79 Å². The van der Waals surface area contributed by atoms with Gasteiger partial charge in [0.05, 0.1) is 11.6 Å². The third-order valence-electron chi connectivity index (χ3n) is 3.02. The summed E-state index contributed by atoms with van der Waals surface area (Å²) in [6.45, 7) is 5.53. The molecule has 0 saturated carbocycles. The highest BCUT2D eigenvalue weighted by Gasteiger charge is 2.30. The Hall–Kier alpha value is -1.66. The minimum absolute atomic E-state index is 0.174. The van der Waals surface area contributed by atoms with Crippen LogP contribution in [0.3, 0.4) is 0 Å². The SMILES string of the molecule is C=CCOC(=O)C1=C(C)NC(=S)NC1c1ccc(Br)cc1. The molecule has 0 fully saturated rings. The van der Waals surface area contributed by atoms with Crippen molar-refractivity contribution < 1.29 is 9.53 Å². The number of benzene rings is 1. The zero-order valence-electron chi connectivity index (χ0n) is 11.5. The van der Waals surface area contributed by atoms with Gasteiger partial charge in [-0.3, -0.25) is 0 Å². The zero-order valence-corrected chi connectivity index (χ0v) is 13.9. The van der Waals surface area contributed by atoms with Crippen molar-refractivity contribution in [1.29, 1.82) is 0 Å². The van der Waals surface area contributed by atoms with E-state index < -0.39 is 0 Å². The molecule has 0 bridgehead atoms. The molecule has 6 heteroatoms. The fraction of sp³-hybridized carbons (Fsp3) is 0.200. The Kier molecular flexibility index (Phi) is 5.14. The molecule has 2 N–H and O–H groups in total. The van der Waals surface area contributed by atoms with E-state index in [1.165, 1.54) is 6.08 Å². The highest BCUT2D eigenvalue weighted by atomic mass is 79.9. The Labute approximate surface area is 137 Å². The highest BCUT2D eigenvalue weighted by molar-refractivity contribution is 9.10. The van der Waals surface area contributed by atoms with Crippen LogP contribution in [0.15, 0.2) is 52.7 Å². The topological polar surface area (TPSA) is 50.4 Å². The number of esters is 1. The molecule has 1 heterocycles. The van der Waals surface area contributed by atoms with Gasteiger partial charge in [-0.05, 0) is 36.8 Å². The largest absolute Gasteiger partial charge is 0.458 e. The van der Waals surface area contributed by atoms with E-state index in [4.69, 9.17) is 17.0 Å². The minimum atomic E-state index is -0.386. The second-order valence-corrected chi connectivity index (χ2v) is 5.83. The molecule has 0 saturated heterocycles. The van der Waals surface area contributed by atoms with Gasteiger partial charge in [-0.15, -0.1) is 0 Å². The van der Waals surface area contributed by atoms with Gasteiger partial charge in [0, 0.05) is 10.2 Å². The number of halogens is 1. The van der Waals surface area contributed by atoms with Gasteiger partial charge in [-0.1, -0.05) is 40.7 Å². The van der Waals surface area contributed by atoms with Crippen molar-refractivity contribution >= 4 is 39.2 Å². The van der Waals surface area contributed by atoms with Crippen molar-refractivity contribution in [3.05, 3.63) is 58.2 Å². The van der Waals surface area contributed by atoms with E-state index in [1.807, 2.05) is 31.2 Å². The number of carbonyl (C=O) groups is 1. The fourth-order valence-corrected chi connectivity index (χ4v) is 2.62. The van der Waals surface area contributed by atoms with Crippen molar-refractivity contribution in [2.75, 3.05) is 6.61 Å². The standard InChI is InChI=1S/C15H15BrN2O2S/c1-3-8-20-14(19)12-9(2)17-15(21)18-13(12)10-4-6-11(16)7-5-10/h3-7,13H,1,8H2,2H3,(H2,17,18,21). The molecular formula is C15H15BrN2O2S. The molecule has 0 aliphatic carbocycles. The van der Waals surface area contributed by atoms with E-state index >= 15 is 0 Å². The van der Waals surface area contributed by atoms with Crippen molar-refractivity contribution in [2.24, 2.45) is 0 Å². The first-order valence-electron chi connectivity index (χ1n) is 6.34. The van der Waals surface area contributed by atoms with Gasteiger partial charge in [0.15, 0.2) is 5.11 Å². The molecule has 4 nitrogen and oxygen atoms in total. The first kappa shape index (κ1) is 15.7. The molecule has 110 valence electrons. The number of carbonyl (C=O) groups excluding carboxylic acids is 1. The van der Waals surface area contributed by atoms with Crippen molar-refractivity contribution in [1.82, 2.24) is 10.6 Å². The summed E-state index contributed by atoms with van der Waals surface area (Å²) in [6, 6.07) is 7.38. The van der Waals surface area contributed by atoms with E-state index in [1.54, 1.807) is 0 Å². The highest BCUT2D eigenvalue weighted by Crippen LogP contribution is 2.28. The number of hydrogen-bond acceptors (Lipinski definition) is 3. The second kappa shape index (κ2) is 6.87. The zero-order chi connectivity index (χ0) is 15.4. The van der Waals surface area contributed by atoms with Gasteiger partial charge < -0.3 is 15.4 Å². The van der Waals surface area contributed by atoms with Crippen LogP contribution in [0.1, 0.15) is 18.5 Å². The number of ether oxygens (including phenoxy) is 1. The molecule has 2 rings (SSSR count). The van der Waals surface area contributed by atoms with E-state index in [-0.39, 0.29) is 18.6 Å². The molecule has 21 heavy (non-hydrogen) atoms.